The highest BCUT2D eigenvalue weighted by atomic mass is 19.1. The van der Waals surface area contributed by atoms with Crippen LogP contribution in [-0.2, 0) is 4.79 Å². The zero-order valence-electron chi connectivity index (χ0n) is 19.5. The molecule has 0 spiro atoms. The quantitative estimate of drug-likeness (QED) is 0.554. The Kier molecular flexibility index (Phi) is 6.62. The summed E-state index contributed by atoms with van der Waals surface area (Å²) in [5, 5.41) is 12.6. The lowest BCUT2D eigenvalue weighted by molar-refractivity contribution is -0.117. The number of aliphatic hydroxyl groups is 1. The highest BCUT2D eigenvalue weighted by Crippen LogP contribution is 2.24. The second-order valence-electron chi connectivity index (χ2n) is 9.11. The van der Waals surface area contributed by atoms with Gasteiger partial charge < -0.3 is 10.4 Å². The van der Waals surface area contributed by atoms with E-state index in [0.29, 0.717) is 18.4 Å². The van der Waals surface area contributed by atoms with E-state index in [-0.39, 0.29) is 53.1 Å². The maximum absolute atomic E-state index is 14.7. The van der Waals surface area contributed by atoms with Gasteiger partial charge in [-0.15, -0.1) is 0 Å². The molecule has 2 atom stereocenters. The number of hydrogen-bond donors (Lipinski definition) is 2. The first-order valence-electron chi connectivity index (χ1n) is 11.2. The summed E-state index contributed by atoms with van der Waals surface area (Å²) in [5.41, 5.74) is -0.979. The van der Waals surface area contributed by atoms with E-state index >= 15 is 0 Å². The Labute approximate surface area is 199 Å². The zero-order chi connectivity index (χ0) is 25.4. The summed E-state index contributed by atoms with van der Waals surface area (Å²) in [6.45, 7) is 5.83. The molecule has 35 heavy (non-hydrogen) atoms. The van der Waals surface area contributed by atoms with Crippen molar-refractivity contribution >= 4 is 28.7 Å². The fourth-order valence-corrected chi connectivity index (χ4v) is 4.23. The molecule has 1 aliphatic heterocycles. The van der Waals surface area contributed by atoms with Gasteiger partial charge in [-0.05, 0) is 31.4 Å². The van der Waals surface area contributed by atoms with Crippen molar-refractivity contribution in [1.29, 1.82) is 0 Å². The number of amides is 2. The third-order valence-electron chi connectivity index (χ3n) is 5.68. The Morgan fingerprint density at radius 2 is 2.00 bits per heavy atom. The average molecular weight is 485 g/mol. The molecule has 3 aromatic heterocycles. The van der Waals surface area contributed by atoms with Gasteiger partial charge in [-0.2, -0.15) is 0 Å². The lowest BCUT2D eigenvalue weighted by Gasteiger charge is -2.19. The van der Waals surface area contributed by atoms with E-state index in [2.05, 4.69) is 15.3 Å². The Morgan fingerprint density at radius 1 is 1.26 bits per heavy atom. The van der Waals surface area contributed by atoms with E-state index in [0.717, 1.165) is 17.0 Å². The molecule has 4 heterocycles. The average Bonchev–Trinajstić information content (AvgIpc) is 3.11. The monoisotopic (exact) mass is 485 g/mol. The van der Waals surface area contributed by atoms with Gasteiger partial charge >= 0.3 is 0 Å². The number of carbonyl (C=O) groups is 2. The summed E-state index contributed by atoms with van der Waals surface area (Å²) in [7, 11) is 0. The lowest BCUT2D eigenvalue weighted by atomic mass is 10.0. The van der Waals surface area contributed by atoms with Crippen molar-refractivity contribution < 1.29 is 23.5 Å². The topological polar surface area (TPSA) is 117 Å². The van der Waals surface area contributed by atoms with Crippen LogP contribution in [0, 0.1) is 17.6 Å². The summed E-state index contributed by atoms with van der Waals surface area (Å²) in [6, 6.07) is 3.20. The van der Waals surface area contributed by atoms with Crippen molar-refractivity contribution in [2.45, 2.75) is 45.8 Å². The summed E-state index contributed by atoms with van der Waals surface area (Å²) in [6.07, 6.45) is 1.66. The normalized spacial score (nSPS) is 16.8. The van der Waals surface area contributed by atoms with Gasteiger partial charge in [0.25, 0.3) is 5.91 Å². The Hall–Kier alpha value is -3.73. The van der Waals surface area contributed by atoms with Crippen LogP contribution in [0.4, 0.5) is 14.6 Å². The van der Waals surface area contributed by atoms with Gasteiger partial charge in [-0.25, -0.2) is 18.7 Å². The number of β-amino-alcohol motifs (C(OH)–C–C–N with tert-alkyl or cyclic N) is 1. The molecular formula is C24H25F2N5O4. The molecule has 4 rings (SSSR count). The maximum Gasteiger partial charge on any atom is 0.256 e. The van der Waals surface area contributed by atoms with Crippen LogP contribution in [0.3, 0.4) is 0 Å². The molecule has 2 N–H and O–H groups in total. The van der Waals surface area contributed by atoms with E-state index in [1.807, 2.05) is 20.8 Å². The van der Waals surface area contributed by atoms with Crippen LogP contribution in [0.5, 0.6) is 0 Å². The molecule has 0 saturated carbocycles. The SMILES string of the molecule is CC(C)C[C@@H](C)NC(=O)c1cn(-c2ncc(F)cc2F)c2nc(N3C[C@@H](O)CC3=O)ccc2c1=O. The van der Waals surface area contributed by atoms with Gasteiger partial charge in [0.05, 0.1) is 30.7 Å². The standard InChI is InChI=1S/C24H25F2N5O4/c1-12(2)6-13(3)28-24(35)17-11-31(23-18(26)7-14(25)9-27-23)22-16(21(17)34)4-5-19(29-22)30-10-15(32)8-20(30)33/h4-5,7,9,11-13,15,32H,6,8,10H2,1-3H3,(H,28,35)/t13-,15+/m1/s1. The number of rotatable bonds is 6. The molecule has 3 aromatic rings. The van der Waals surface area contributed by atoms with Crippen LogP contribution in [-0.4, -0.2) is 50.1 Å². The first kappa shape index (κ1) is 24.4. The van der Waals surface area contributed by atoms with Gasteiger partial charge in [0.2, 0.25) is 11.3 Å². The fraction of sp³-hybridized carbons (Fsp3) is 0.375. The predicted octanol–water partition coefficient (Wildman–Crippen LogP) is 2.32. The van der Waals surface area contributed by atoms with E-state index in [9.17, 15) is 28.3 Å². The molecule has 0 aliphatic carbocycles. The number of halogens is 2. The first-order valence-corrected chi connectivity index (χ1v) is 11.2. The number of fused-ring (bicyclic) bond motifs is 1. The first-order chi connectivity index (χ1) is 16.5. The minimum absolute atomic E-state index is 0.0129. The van der Waals surface area contributed by atoms with Crippen molar-refractivity contribution in [1.82, 2.24) is 19.9 Å². The van der Waals surface area contributed by atoms with Crippen LogP contribution in [0.1, 0.15) is 44.0 Å². The molecule has 1 fully saturated rings. The number of aromatic nitrogens is 3. The van der Waals surface area contributed by atoms with Crippen molar-refractivity contribution in [2.24, 2.45) is 5.92 Å². The molecule has 184 valence electrons. The van der Waals surface area contributed by atoms with Crippen molar-refractivity contribution in [2.75, 3.05) is 11.4 Å². The number of aliphatic hydroxyl groups excluding tert-OH is 1. The summed E-state index contributed by atoms with van der Waals surface area (Å²) >= 11 is 0. The number of carbonyl (C=O) groups excluding carboxylic acids is 2. The van der Waals surface area contributed by atoms with E-state index in [1.165, 1.54) is 17.0 Å². The molecule has 0 radical (unpaired) electrons. The summed E-state index contributed by atoms with van der Waals surface area (Å²) in [5.74, 6) is -2.87. The fourth-order valence-electron chi connectivity index (χ4n) is 4.23. The third kappa shape index (κ3) is 4.90. The summed E-state index contributed by atoms with van der Waals surface area (Å²) < 4.78 is 29.4. The minimum Gasteiger partial charge on any atom is -0.391 e. The highest BCUT2D eigenvalue weighted by Gasteiger charge is 2.30. The molecule has 1 aliphatic rings. The largest absolute Gasteiger partial charge is 0.391 e. The summed E-state index contributed by atoms with van der Waals surface area (Å²) in [4.78, 5) is 47.9. The second-order valence-corrected chi connectivity index (χ2v) is 9.11. The minimum atomic E-state index is -1.03. The molecule has 11 heteroatoms. The molecule has 2 amide bonds. The van der Waals surface area contributed by atoms with E-state index < -0.39 is 29.1 Å². The smallest absolute Gasteiger partial charge is 0.256 e. The molecule has 1 saturated heterocycles. The Morgan fingerprint density at radius 3 is 2.63 bits per heavy atom. The molecular weight excluding hydrogens is 460 g/mol. The van der Waals surface area contributed by atoms with Crippen molar-refractivity contribution in [3.8, 4) is 5.82 Å². The van der Waals surface area contributed by atoms with E-state index in [4.69, 9.17) is 0 Å². The molecule has 0 bridgehead atoms. The number of nitrogens with zero attached hydrogens (tertiary/aromatic N) is 4. The van der Waals surface area contributed by atoms with Gasteiger partial charge in [0.1, 0.15) is 17.2 Å². The van der Waals surface area contributed by atoms with Gasteiger partial charge in [-0.1, -0.05) is 13.8 Å². The predicted molar refractivity (Wildman–Crippen MR) is 124 cm³/mol. The van der Waals surface area contributed by atoms with Crippen LogP contribution in [0.15, 0.2) is 35.4 Å². The van der Waals surface area contributed by atoms with Gasteiger partial charge in [0.15, 0.2) is 17.3 Å². The maximum atomic E-state index is 14.7. The number of anilines is 1. The van der Waals surface area contributed by atoms with Crippen molar-refractivity contribution in [3.05, 3.63) is 58.0 Å². The third-order valence-corrected chi connectivity index (χ3v) is 5.68. The van der Waals surface area contributed by atoms with Crippen LogP contribution >= 0.6 is 0 Å². The Bertz CT molecular complexity index is 1370. The van der Waals surface area contributed by atoms with E-state index in [1.54, 1.807) is 0 Å². The van der Waals surface area contributed by atoms with Gasteiger partial charge in [0, 0.05) is 18.3 Å². The number of hydrogen-bond acceptors (Lipinski definition) is 6. The van der Waals surface area contributed by atoms with Crippen LogP contribution in [0.2, 0.25) is 0 Å². The van der Waals surface area contributed by atoms with Crippen molar-refractivity contribution in [3.63, 3.8) is 0 Å². The second kappa shape index (κ2) is 9.49. The zero-order valence-corrected chi connectivity index (χ0v) is 19.5. The lowest BCUT2D eigenvalue weighted by Crippen LogP contribution is -2.36. The Balaban J connectivity index is 1.90. The van der Waals surface area contributed by atoms with Gasteiger partial charge in [-0.3, -0.25) is 23.9 Å². The molecule has 0 unspecified atom stereocenters. The van der Waals surface area contributed by atoms with Crippen LogP contribution in [0.25, 0.3) is 16.9 Å². The molecule has 0 aromatic carbocycles. The number of nitrogens with one attached hydrogen (secondary N) is 1. The molecule has 9 nitrogen and oxygen atoms in total. The number of pyridine rings is 3. The highest BCUT2D eigenvalue weighted by molar-refractivity contribution is 5.99. The van der Waals surface area contributed by atoms with Crippen LogP contribution < -0.4 is 15.6 Å².